The quantitative estimate of drug-likeness (QED) is 0.672. The van der Waals surface area contributed by atoms with Crippen LogP contribution in [-0.4, -0.2) is 57.2 Å². The highest BCUT2D eigenvalue weighted by atomic mass is 35.5. The number of carbonyl (C=O) groups is 2. The van der Waals surface area contributed by atoms with Crippen molar-refractivity contribution in [1.29, 1.82) is 0 Å². The van der Waals surface area contributed by atoms with Crippen LogP contribution in [0, 0.1) is 5.82 Å². The zero-order valence-corrected chi connectivity index (χ0v) is 17.8. The maximum absolute atomic E-state index is 14.5. The summed E-state index contributed by atoms with van der Waals surface area (Å²) in [5.41, 5.74) is 1.63. The van der Waals surface area contributed by atoms with Crippen LogP contribution in [-0.2, 0) is 11.2 Å². The van der Waals surface area contributed by atoms with Crippen molar-refractivity contribution in [2.45, 2.75) is 19.8 Å². The van der Waals surface area contributed by atoms with Gasteiger partial charge in [0.15, 0.2) is 0 Å². The van der Waals surface area contributed by atoms with Crippen molar-refractivity contribution in [2.75, 3.05) is 26.2 Å². The van der Waals surface area contributed by atoms with Crippen molar-refractivity contribution >= 4 is 28.9 Å². The van der Waals surface area contributed by atoms with Gasteiger partial charge in [-0.05, 0) is 23.8 Å². The molecular formula is C22H22ClFN4O3. The van der Waals surface area contributed by atoms with Crippen LogP contribution in [0.15, 0.2) is 41.5 Å². The Morgan fingerprint density at radius 3 is 2.55 bits per heavy atom. The van der Waals surface area contributed by atoms with Crippen molar-refractivity contribution in [2.24, 2.45) is 0 Å². The second-order valence-electron chi connectivity index (χ2n) is 7.54. The number of halogens is 2. The summed E-state index contributed by atoms with van der Waals surface area (Å²) >= 11 is 6.04. The number of fused-ring (bicyclic) bond motifs is 1. The standard InChI is InChI=1S/C22H22ClFN4O3/c1-2-20(29)26-5-7-27(8-6-26)22(31)17-10-14(3-4-18(17)24)9-16-12-25-21(30)19-11-15(23)13-28(16)19/h3-4,10-13H,2,5-9H2,1H3,(H,25,30). The Hall–Kier alpha value is -3.13. The van der Waals surface area contributed by atoms with Crippen LogP contribution >= 0.6 is 11.6 Å². The largest absolute Gasteiger partial charge is 0.339 e. The first-order chi connectivity index (χ1) is 14.9. The van der Waals surface area contributed by atoms with Gasteiger partial charge in [-0.1, -0.05) is 24.6 Å². The number of aromatic amines is 1. The van der Waals surface area contributed by atoms with Crippen LogP contribution in [0.1, 0.15) is 35.0 Å². The molecule has 0 saturated carbocycles. The van der Waals surface area contributed by atoms with E-state index < -0.39 is 11.7 Å². The van der Waals surface area contributed by atoms with Crippen molar-refractivity contribution in [3.63, 3.8) is 0 Å². The molecule has 9 heteroatoms. The smallest absolute Gasteiger partial charge is 0.272 e. The molecule has 1 N–H and O–H groups in total. The van der Waals surface area contributed by atoms with Gasteiger partial charge in [-0.15, -0.1) is 0 Å². The number of amides is 2. The van der Waals surface area contributed by atoms with Crippen LogP contribution in [0.3, 0.4) is 0 Å². The molecule has 0 bridgehead atoms. The Bertz CT molecular complexity index is 1210. The Morgan fingerprint density at radius 2 is 1.84 bits per heavy atom. The Balaban J connectivity index is 1.56. The first-order valence-electron chi connectivity index (χ1n) is 10.1. The molecule has 0 unspecified atom stereocenters. The highest BCUT2D eigenvalue weighted by molar-refractivity contribution is 6.31. The van der Waals surface area contributed by atoms with E-state index in [0.717, 1.165) is 11.3 Å². The van der Waals surface area contributed by atoms with E-state index in [1.807, 2.05) is 0 Å². The first-order valence-corrected chi connectivity index (χ1v) is 10.5. The molecule has 162 valence electrons. The molecule has 1 saturated heterocycles. The zero-order chi connectivity index (χ0) is 22.1. The second kappa shape index (κ2) is 8.55. The van der Waals surface area contributed by atoms with Crippen LogP contribution in [0.5, 0.6) is 0 Å². The average molecular weight is 445 g/mol. The Labute approximate surface area is 183 Å². The van der Waals surface area contributed by atoms with E-state index in [-0.39, 0.29) is 17.0 Å². The minimum atomic E-state index is -0.587. The predicted molar refractivity (Wildman–Crippen MR) is 115 cm³/mol. The Kier molecular flexibility index (Phi) is 5.82. The van der Waals surface area contributed by atoms with Gasteiger partial charge in [-0.2, -0.15) is 0 Å². The Morgan fingerprint density at radius 1 is 1.13 bits per heavy atom. The van der Waals surface area contributed by atoms with Gasteiger partial charge in [-0.3, -0.25) is 14.4 Å². The summed E-state index contributed by atoms with van der Waals surface area (Å²) in [6.07, 6.45) is 4.03. The van der Waals surface area contributed by atoms with Gasteiger partial charge in [0.2, 0.25) is 5.91 Å². The molecule has 2 aromatic heterocycles. The molecule has 3 heterocycles. The molecule has 31 heavy (non-hydrogen) atoms. The van der Waals surface area contributed by atoms with Crippen molar-refractivity contribution in [1.82, 2.24) is 19.2 Å². The number of carbonyl (C=O) groups excluding carboxylic acids is 2. The molecule has 1 aromatic carbocycles. The molecule has 7 nitrogen and oxygen atoms in total. The molecule has 0 spiro atoms. The number of H-pyrrole nitrogens is 1. The maximum Gasteiger partial charge on any atom is 0.272 e. The van der Waals surface area contributed by atoms with Gasteiger partial charge < -0.3 is 19.2 Å². The van der Waals surface area contributed by atoms with E-state index in [1.165, 1.54) is 6.07 Å². The van der Waals surface area contributed by atoms with Gasteiger partial charge >= 0.3 is 0 Å². The van der Waals surface area contributed by atoms with E-state index in [2.05, 4.69) is 4.98 Å². The molecule has 3 aromatic rings. The fourth-order valence-electron chi connectivity index (χ4n) is 3.88. The first kappa shape index (κ1) is 21.1. The SMILES string of the molecule is CCC(=O)N1CCN(C(=O)c2cc(Cc3c[nH]c(=O)c4cc(Cl)cn34)ccc2F)CC1. The topological polar surface area (TPSA) is 77.9 Å². The van der Waals surface area contributed by atoms with Gasteiger partial charge in [0.1, 0.15) is 11.3 Å². The zero-order valence-electron chi connectivity index (χ0n) is 17.0. The second-order valence-corrected chi connectivity index (χ2v) is 7.98. The number of nitrogens with one attached hydrogen (secondary N) is 1. The third kappa shape index (κ3) is 4.20. The molecule has 2 amide bonds. The maximum atomic E-state index is 14.5. The predicted octanol–water partition coefficient (Wildman–Crippen LogP) is 2.71. The van der Waals surface area contributed by atoms with E-state index in [0.29, 0.717) is 49.6 Å². The number of piperazine rings is 1. The summed E-state index contributed by atoms with van der Waals surface area (Å²) in [6, 6.07) is 6.02. The summed E-state index contributed by atoms with van der Waals surface area (Å²) in [4.78, 5) is 42.7. The number of nitrogens with zero attached hydrogens (tertiary/aromatic N) is 3. The van der Waals surface area contributed by atoms with Gasteiger partial charge in [0.05, 0.1) is 10.6 Å². The molecule has 1 aliphatic heterocycles. The van der Waals surface area contributed by atoms with Crippen LogP contribution in [0.25, 0.3) is 5.52 Å². The summed E-state index contributed by atoms with van der Waals surface area (Å²) < 4.78 is 16.2. The molecule has 0 aliphatic carbocycles. The monoisotopic (exact) mass is 444 g/mol. The van der Waals surface area contributed by atoms with Gasteiger partial charge in [-0.25, -0.2) is 4.39 Å². The number of benzene rings is 1. The van der Waals surface area contributed by atoms with E-state index in [4.69, 9.17) is 11.6 Å². The number of hydrogen-bond acceptors (Lipinski definition) is 3. The van der Waals surface area contributed by atoms with Crippen LogP contribution < -0.4 is 5.56 Å². The molecule has 0 radical (unpaired) electrons. The number of aromatic nitrogens is 2. The molecule has 0 atom stereocenters. The molecule has 4 rings (SSSR count). The van der Waals surface area contributed by atoms with Gasteiger partial charge in [0, 0.05) is 57.1 Å². The lowest BCUT2D eigenvalue weighted by atomic mass is 10.0. The summed E-state index contributed by atoms with van der Waals surface area (Å²) in [5, 5.41) is 0.439. The third-order valence-corrected chi connectivity index (χ3v) is 5.77. The third-order valence-electron chi connectivity index (χ3n) is 5.57. The molecular weight excluding hydrogens is 423 g/mol. The lowest BCUT2D eigenvalue weighted by molar-refractivity contribution is -0.132. The molecule has 1 aliphatic rings. The van der Waals surface area contributed by atoms with Crippen LogP contribution in [0.4, 0.5) is 4.39 Å². The highest BCUT2D eigenvalue weighted by Gasteiger charge is 2.26. The van der Waals surface area contributed by atoms with Crippen molar-refractivity contribution in [3.05, 3.63) is 74.7 Å². The lowest BCUT2D eigenvalue weighted by Gasteiger charge is -2.34. The minimum absolute atomic E-state index is 0.000949. The fourth-order valence-corrected chi connectivity index (χ4v) is 4.08. The normalized spacial score (nSPS) is 14.3. The van der Waals surface area contributed by atoms with Crippen molar-refractivity contribution < 1.29 is 14.0 Å². The summed E-state index contributed by atoms with van der Waals surface area (Å²) in [7, 11) is 0. The van der Waals surface area contributed by atoms with E-state index in [1.54, 1.807) is 51.7 Å². The number of hydrogen-bond donors (Lipinski definition) is 1. The minimum Gasteiger partial charge on any atom is -0.339 e. The van der Waals surface area contributed by atoms with E-state index >= 15 is 0 Å². The average Bonchev–Trinajstić information content (AvgIpc) is 3.18. The van der Waals surface area contributed by atoms with Crippen molar-refractivity contribution in [3.8, 4) is 0 Å². The summed E-state index contributed by atoms with van der Waals surface area (Å²) in [6.45, 7) is 3.44. The van der Waals surface area contributed by atoms with E-state index in [9.17, 15) is 18.8 Å². The fraction of sp³-hybridized carbons (Fsp3) is 0.318. The number of rotatable bonds is 4. The lowest BCUT2D eigenvalue weighted by Crippen LogP contribution is -2.50. The van der Waals surface area contributed by atoms with Crippen LogP contribution in [0.2, 0.25) is 5.02 Å². The van der Waals surface area contributed by atoms with Gasteiger partial charge in [0.25, 0.3) is 11.5 Å². The summed E-state index contributed by atoms with van der Waals surface area (Å²) in [5.74, 6) is -0.924. The highest BCUT2D eigenvalue weighted by Crippen LogP contribution is 2.19. The molecule has 1 fully saturated rings.